The highest BCUT2D eigenvalue weighted by molar-refractivity contribution is 7.19. The average Bonchev–Trinajstić information content (AvgIpc) is 2.97. The van der Waals surface area contributed by atoms with E-state index in [4.69, 9.17) is 4.98 Å². The lowest BCUT2D eigenvalue weighted by molar-refractivity contribution is 0.496. The van der Waals surface area contributed by atoms with Crippen LogP contribution in [0.4, 0.5) is 0 Å². The van der Waals surface area contributed by atoms with Crippen molar-refractivity contribution in [1.29, 1.82) is 0 Å². The first-order chi connectivity index (χ1) is 12.2. The Bertz CT molecular complexity index is 938. The Morgan fingerprint density at radius 1 is 0.920 bits per heavy atom. The van der Waals surface area contributed by atoms with E-state index in [0.717, 1.165) is 18.3 Å². The first-order valence-electron chi connectivity index (χ1n) is 9.72. The molecule has 2 atom stereocenters. The van der Waals surface area contributed by atoms with E-state index in [1.54, 1.807) is 10.4 Å². The molecule has 0 saturated heterocycles. The van der Waals surface area contributed by atoms with Gasteiger partial charge in [-0.1, -0.05) is 44.2 Å². The smallest absolute Gasteiger partial charge is 0.124 e. The molecule has 0 amide bonds. The summed E-state index contributed by atoms with van der Waals surface area (Å²) in [7, 11) is 0. The van der Waals surface area contributed by atoms with Crippen LogP contribution >= 0.6 is 11.3 Å². The molecule has 5 rings (SSSR count). The second-order valence-corrected chi connectivity index (χ2v) is 9.24. The van der Waals surface area contributed by atoms with E-state index in [1.807, 2.05) is 11.3 Å². The quantitative estimate of drug-likeness (QED) is 0.510. The molecule has 2 aliphatic rings. The molecule has 0 bridgehead atoms. The van der Waals surface area contributed by atoms with Crippen molar-refractivity contribution in [2.45, 2.75) is 52.4 Å². The molecule has 2 heteroatoms. The highest BCUT2D eigenvalue weighted by atomic mass is 32.1. The Morgan fingerprint density at radius 3 is 2.52 bits per heavy atom. The largest absolute Gasteiger partial charge is 0.242 e. The van der Waals surface area contributed by atoms with E-state index < -0.39 is 0 Å². The van der Waals surface area contributed by atoms with E-state index in [0.29, 0.717) is 0 Å². The molecule has 3 aromatic rings. The SMILES string of the molecule is C[C@@H]1CCc2c(sc3nc4c(c(-c5ccccc5)c23)C[C@@H](C)CC4)C1. The van der Waals surface area contributed by atoms with E-state index in [-0.39, 0.29) is 0 Å². The fourth-order valence-electron chi connectivity index (χ4n) is 4.74. The molecule has 2 aliphatic carbocycles. The second kappa shape index (κ2) is 5.95. The number of fused-ring (bicyclic) bond motifs is 4. The van der Waals surface area contributed by atoms with Crippen LogP contribution in [-0.2, 0) is 25.7 Å². The van der Waals surface area contributed by atoms with Gasteiger partial charge >= 0.3 is 0 Å². The van der Waals surface area contributed by atoms with Crippen molar-refractivity contribution >= 4 is 21.6 Å². The standard InChI is InChI=1S/C23H25NS/c1-14-9-11-19-18(12-14)21(16-6-4-3-5-7-16)22-17-10-8-15(2)13-20(17)25-23(22)24-19/h3-7,14-15H,8-13H2,1-2H3/t14-,15+/m0/s1. The Balaban J connectivity index is 1.85. The van der Waals surface area contributed by atoms with Crippen LogP contribution in [0.3, 0.4) is 0 Å². The van der Waals surface area contributed by atoms with Gasteiger partial charge < -0.3 is 0 Å². The van der Waals surface area contributed by atoms with Crippen LogP contribution in [0.2, 0.25) is 0 Å². The van der Waals surface area contributed by atoms with Crippen molar-refractivity contribution < 1.29 is 0 Å². The molecule has 0 aliphatic heterocycles. The summed E-state index contributed by atoms with van der Waals surface area (Å²) in [6.07, 6.45) is 7.40. The molecular formula is C23H25NS. The topological polar surface area (TPSA) is 12.9 Å². The number of rotatable bonds is 1. The van der Waals surface area contributed by atoms with Gasteiger partial charge in [0, 0.05) is 16.0 Å². The summed E-state index contributed by atoms with van der Waals surface area (Å²) < 4.78 is 0. The molecule has 2 heterocycles. The first-order valence-corrected chi connectivity index (χ1v) is 10.5. The number of aryl methyl sites for hydroxylation is 2. The summed E-state index contributed by atoms with van der Waals surface area (Å²) in [4.78, 5) is 8.09. The van der Waals surface area contributed by atoms with Crippen LogP contribution in [0, 0.1) is 11.8 Å². The zero-order chi connectivity index (χ0) is 17.0. The van der Waals surface area contributed by atoms with Gasteiger partial charge in [-0.05, 0) is 72.6 Å². The Hall–Kier alpha value is -1.67. The molecule has 25 heavy (non-hydrogen) atoms. The van der Waals surface area contributed by atoms with E-state index in [9.17, 15) is 0 Å². The minimum absolute atomic E-state index is 0.767. The van der Waals surface area contributed by atoms with Crippen LogP contribution in [0.5, 0.6) is 0 Å². The van der Waals surface area contributed by atoms with Crippen molar-refractivity contribution in [1.82, 2.24) is 4.98 Å². The van der Waals surface area contributed by atoms with Crippen LogP contribution in [-0.4, -0.2) is 4.98 Å². The Morgan fingerprint density at radius 2 is 1.68 bits per heavy atom. The van der Waals surface area contributed by atoms with Gasteiger partial charge in [0.05, 0.1) is 0 Å². The predicted molar refractivity (Wildman–Crippen MR) is 107 cm³/mol. The molecule has 1 nitrogen and oxygen atoms in total. The number of nitrogens with zero attached hydrogens (tertiary/aromatic N) is 1. The van der Waals surface area contributed by atoms with Crippen molar-refractivity contribution in [3.05, 3.63) is 52.0 Å². The number of pyridine rings is 1. The lowest BCUT2D eigenvalue weighted by Gasteiger charge is -2.25. The molecule has 0 saturated carbocycles. The minimum Gasteiger partial charge on any atom is -0.242 e. The molecule has 128 valence electrons. The van der Waals surface area contributed by atoms with Gasteiger partial charge in [0.25, 0.3) is 0 Å². The molecule has 0 radical (unpaired) electrons. The Labute approximate surface area is 154 Å². The molecule has 0 spiro atoms. The zero-order valence-electron chi connectivity index (χ0n) is 15.1. The first kappa shape index (κ1) is 15.6. The molecule has 0 fully saturated rings. The zero-order valence-corrected chi connectivity index (χ0v) is 16.0. The molecule has 0 unspecified atom stereocenters. The van der Waals surface area contributed by atoms with E-state index >= 15 is 0 Å². The van der Waals surface area contributed by atoms with Crippen molar-refractivity contribution in [3.8, 4) is 11.1 Å². The third-order valence-corrected chi connectivity index (χ3v) is 7.27. The van der Waals surface area contributed by atoms with Crippen LogP contribution in [0.15, 0.2) is 30.3 Å². The number of benzene rings is 1. The van der Waals surface area contributed by atoms with Gasteiger partial charge in [-0.25, -0.2) is 4.98 Å². The van der Waals surface area contributed by atoms with Crippen LogP contribution < -0.4 is 0 Å². The van der Waals surface area contributed by atoms with Gasteiger partial charge in [-0.2, -0.15) is 0 Å². The molecule has 2 aromatic heterocycles. The maximum absolute atomic E-state index is 5.18. The van der Waals surface area contributed by atoms with Crippen molar-refractivity contribution in [2.24, 2.45) is 11.8 Å². The minimum atomic E-state index is 0.767. The van der Waals surface area contributed by atoms with Crippen LogP contribution in [0.1, 0.15) is 48.4 Å². The summed E-state index contributed by atoms with van der Waals surface area (Å²) in [6.45, 7) is 4.79. The third kappa shape index (κ3) is 2.54. The maximum Gasteiger partial charge on any atom is 0.124 e. The normalized spacial score (nSPS) is 22.6. The lowest BCUT2D eigenvalue weighted by atomic mass is 9.81. The lowest BCUT2D eigenvalue weighted by Crippen LogP contribution is -2.15. The third-order valence-electron chi connectivity index (χ3n) is 6.12. The van der Waals surface area contributed by atoms with E-state index in [1.165, 1.54) is 64.7 Å². The van der Waals surface area contributed by atoms with Gasteiger partial charge in [-0.3, -0.25) is 0 Å². The fourth-order valence-corrected chi connectivity index (χ4v) is 6.15. The molecular weight excluding hydrogens is 322 g/mol. The van der Waals surface area contributed by atoms with Crippen molar-refractivity contribution in [3.63, 3.8) is 0 Å². The van der Waals surface area contributed by atoms with Crippen molar-refractivity contribution in [2.75, 3.05) is 0 Å². The number of aromatic nitrogens is 1. The number of hydrogen-bond donors (Lipinski definition) is 0. The van der Waals surface area contributed by atoms with E-state index in [2.05, 4.69) is 44.2 Å². The second-order valence-electron chi connectivity index (χ2n) is 8.16. The Kier molecular flexibility index (Phi) is 3.71. The monoisotopic (exact) mass is 347 g/mol. The van der Waals surface area contributed by atoms with Gasteiger partial charge in [0.2, 0.25) is 0 Å². The van der Waals surface area contributed by atoms with Crippen LogP contribution in [0.25, 0.3) is 21.3 Å². The molecule has 1 aromatic carbocycles. The maximum atomic E-state index is 5.18. The summed E-state index contributed by atoms with van der Waals surface area (Å²) in [5, 5.41) is 1.49. The summed E-state index contributed by atoms with van der Waals surface area (Å²) >= 11 is 1.97. The number of thiophene rings is 1. The highest BCUT2D eigenvalue weighted by Gasteiger charge is 2.28. The average molecular weight is 348 g/mol. The van der Waals surface area contributed by atoms with Gasteiger partial charge in [0.15, 0.2) is 0 Å². The molecule has 0 N–H and O–H groups in total. The highest BCUT2D eigenvalue weighted by Crippen LogP contribution is 2.45. The fraction of sp³-hybridized carbons (Fsp3) is 0.435. The summed E-state index contributed by atoms with van der Waals surface area (Å²) in [5.41, 5.74) is 7.43. The van der Waals surface area contributed by atoms with Gasteiger partial charge in [-0.15, -0.1) is 11.3 Å². The number of hydrogen-bond acceptors (Lipinski definition) is 2. The van der Waals surface area contributed by atoms with Gasteiger partial charge in [0.1, 0.15) is 4.83 Å². The predicted octanol–water partition coefficient (Wildman–Crippen LogP) is 6.21. The summed E-state index contributed by atoms with van der Waals surface area (Å²) in [5.74, 6) is 1.58. The summed E-state index contributed by atoms with van der Waals surface area (Å²) in [6, 6.07) is 11.1.